The van der Waals surface area contributed by atoms with Crippen LogP contribution in [0.15, 0.2) is 0 Å². The monoisotopic (exact) mass is 103 g/mol. The summed E-state index contributed by atoms with van der Waals surface area (Å²) in [4.78, 5) is 8.72. The van der Waals surface area contributed by atoms with E-state index in [9.17, 15) is 0 Å². The van der Waals surface area contributed by atoms with Crippen LogP contribution >= 0.6 is 0 Å². The summed E-state index contributed by atoms with van der Waals surface area (Å²) in [5, 5.41) is 8.72. The molecule has 0 aliphatic heterocycles. The van der Waals surface area contributed by atoms with Gasteiger partial charge in [-0.3, -0.25) is 0 Å². The molecule has 0 N–H and O–H groups in total. The summed E-state index contributed by atoms with van der Waals surface area (Å²) in [6, 6.07) is 0. The second-order valence-electron chi connectivity index (χ2n) is 0.213. The first-order valence-corrected chi connectivity index (χ1v) is 1.06. The van der Waals surface area contributed by atoms with Gasteiger partial charge in [0.25, 0.3) is 0 Å². The molecule has 4 heteroatoms. The van der Waals surface area contributed by atoms with Gasteiger partial charge in [-0.25, -0.2) is 0 Å². The van der Waals surface area contributed by atoms with E-state index in [-0.39, 0.29) is 0 Å². The van der Waals surface area contributed by atoms with Crippen LogP contribution in [0.2, 0.25) is 0 Å². The molecular formula is HFeNO2+3. The Balaban J connectivity index is 2.80. The molecule has 0 aliphatic carbocycles. The van der Waals surface area contributed by atoms with Crippen molar-refractivity contribution in [2.24, 2.45) is 0 Å². The minimum absolute atomic E-state index is 0.688. The Morgan fingerprint density at radius 3 is 2.00 bits per heavy atom. The molecule has 0 rings (SSSR count). The van der Waals surface area contributed by atoms with E-state index < -0.39 is 3.94 Å². The predicted octanol–water partition coefficient (Wildman–Crippen LogP) is -0.543. The quantitative estimate of drug-likeness (QED) is 0.234. The second-order valence-corrected chi connectivity index (χ2v) is 0.644. The van der Waals surface area contributed by atoms with E-state index in [4.69, 9.17) is 10.1 Å². The maximum atomic E-state index is 8.72. The van der Waals surface area contributed by atoms with Crippen molar-refractivity contribution in [3.63, 3.8) is 0 Å². The van der Waals surface area contributed by atoms with Crippen LogP contribution in [0.5, 0.6) is 0 Å². The third kappa shape index (κ3) is 250. The molecule has 23 valence electrons. The van der Waals surface area contributed by atoms with Crippen LogP contribution in [-0.2, 0) is 16.2 Å². The molecule has 0 saturated heterocycles. The summed E-state index contributed by atoms with van der Waals surface area (Å²) < 4.78 is -0.688. The van der Waals surface area contributed by atoms with E-state index >= 15 is 0 Å². The average Bonchev–Trinajstić information content (AvgIpc) is 0.811. The van der Waals surface area contributed by atoms with Gasteiger partial charge in [0, 0.05) is 0 Å². The molecule has 0 heterocycles. The van der Waals surface area contributed by atoms with E-state index in [2.05, 4.69) is 0 Å². The summed E-state index contributed by atoms with van der Waals surface area (Å²) >= 11 is 1.99. The van der Waals surface area contributed by atoms with Gasteiger partial charge in [-0.15, -0.1) is 0 Å². The Bertz CT molecular complexity index is 29.0. The van der Waals surface area contributed by atoms with Crippen molar-refractivity contribution in [2.45, 2.75) is 0 Å². The summed E-state index contributed by atoms with van der Waals surface area (Å²) in [7, 11) is 0. The Morgan fingerprint density at radius 2 is 2.00 bits per heavy atom. The van der Waals surface area contributed by atoms with Crippen LogP contribution in [0.25, 0.3) is 0 Å². The molecule has 0 saturated carbocycles. The first-order chi connectivity index (χ1) is 1.73. The zero-order chi connectivity index (χ0) is 3.58. The van der Waals surface area contributed by atoms with Gasteiger partial charge in [-0.05, 0) is 0 Å². The zero-order valence-electron chi connectivity index (χ0n) is 1.64. The molecule has 0 aromatic heterocycles. The molecule has 0 atom stereocenters. The van der Waals surface area contributed by atoms with Gasteiger partial charge in [0.2, 0.25) is 0 Å². The molecule has 3 nitrogen and oxygen atoms in total. The second kappa shape index (κ2) is 1.26. The number of hydrogen-bond donors (Lipinski definition) is 0. The summed E-state index contributed by atoms with van der Waals surface area (Å²) in [6.07, 6.45) is 0. The fraction of sp³-hybridized carbons (Fsp3) is 0. The van der Waals surface area contributed by atoms with E-state index in [0.29, 0.717) is 0 Å². The standard InChI is InChI=1S/Fe.NO2.H/c;2-1-3;/q+3;;. The van der Waals surface area contributed by atoms with Crippen LogP contribution in [-0.4, -0.2) is 3.94 Å². The normalized spacial score (nSPS) is 6.00. The fourth-order valence-electron chi connectivity index (χ4n) is 0. The van der Waals surface area contributed by atoms with Crippen LogP contribution in [0, 0.1) is 10.1 Å². The fourth-order valence-corrected chi connectivity index (χ4v) is 0. The van der Waals surface area contributed by atoms with E-state index in [1.165, 1.54) is 0 Å². The zero-order valence-corrected chi connectivity index (χ0v) is 2.82. The van der Waals surface area contributed by atoms with Crippen LogP contribution in [0.4, 0.5) is 0 Å². The van der Waals surface area contributed by atoms with Gasteiger partial charge in [-0.1, -0.05) is 0 Å². The molecule has 0 aliphatic rings. The number of rotatable bonds is 0. The predicted molar refractivity (Wildman–Crippen MR) is 8.39 cm³/mol. The van der Waals surface area contributed by atoms with E-state index in [1.54, 1.807) is 0 Å². The van der Waals surface area contributed by atoms with Gasteiger partial charge in [0.15, 0.2) is 0 Å². The minimum atomic E-state index is -0.688. The molecular weight excluding hydrogens is 102 g/mol. The maximum absolute atomic E-state index is 8.72. The Hall–Kier alpha value is -0.0805. The first-order valence-electron chi connectivity index (χ1n) is 0.534. The Labute approximate surface area is 31.2 Å². The Kier molecular flexibility index (Phi) is 1.24. The molecule has 0 spiro atoms. The third-order valence-corrected chi connectivity index (χ3v) is 0. The molecule has 0 aromatic rings. The molecule has 0 bridgehead atoms. The van der Waals surface area contributed by atoms with E-state index in [1.807, 2.05) is 16.2 Å². The number of nitro groups is 1. The van der Waals surface area contributed by atoms with Crippen molar-refractivity contribution >= 4 is 0 Å². The van der Waals surface area contributed by atoms with Gasteiger partial charge in [0.05, 0.1) is 0 Å². The average molecular weight is 103 g/mol. The van der Waals surface area contributed by atoms with Crippen molar-refractivity contribution < 1.29 is 20.2 Å². The molecule has 0 aromatic carbocycles. The number of nitrogens with zero attached hydrogens (tertiary/aromatic N) is 1. The summed E-state index contributed by atoms with van der Waals surface area (Å²) in [5.74, 6) is 0. The topological polar surface area (TPSA) is 43.1 Å². The SMILES string of the molecule is O=[N+]([O-])[FeH+3]. The van der Waals surface area contributed by atoms with Crippen LogP contribution < -0.4 is 0 Å². The third-order valence-electron chi connectivity index (χ3n) is 0. The van der Waals surface area contributed by atoms with Crippen molar-refractivity contribution in [3.05, 3.63) is 10.1 Å². The molecule has 0 fully saturated rings. The van der Waals surface area contributed by atoms with Gasteiger partial charge in [-0.2, -0.15) is 0 Å². The summed E-state index contributed by atoms with van der Waals surface area (Å²) in [5.41, 5.74) is 0. The molecule has 0 unspecified atom stereocenters. The molecule has 0 radical (unpaired) electrons. The van der Waals surface area contributed by atoms with Crippen molar-refractivity contribution in [1.82, 2.24) is 0 Å². The molecule has 4 heavy (non-hydrogen) atoms. The van der Waals surface area contributed by atoms with Crippen LogP contribution in [0.1, 0.15) is 0 Å². The van der Waals surface area contributed by atoms with Crippen molar-refractivity contribution in [3.8, 4) is 0 Å². The van der Waals surface area contributed by atoms with Gasteiger partial charge < -0.3 is 0 Å². The van der Waals surface area contributed by atoms with Crippen molar-refractivity contribution in [1.29, 1.82) is 0 Å². The summed E-state index contributed by atoms with van der Waals surface area (Å²) in [6.45, 7) is 0. The van der Waals surface area contributed by atoms with Gasteiger partial charge in [0.1, 0.15) is 0 Å². The Morgan fingerprint density at radius 1 is 2.00 bits per heavy atom. The van der Waals surface area contributed by atoms with E-state index in [0.717, 1.165) is 0 Å². The van der Waals surface area contributed by atoms with Crippen LogP contribution in [0.3, 0.4) is 0 Å². The van der Waals surface area contributed by atoms with Crippen molar-refractivity contribution in [2.75, 3.05) is 0 Å². The van der Waals surface area contributed by atoms with Gasteiger partial charge >= 0.3 is 30.3 Å². The number of hydrogen-bond acceptors (Lipinski definition) is 2. The molecule has 0 amide bonds. The first kappa shape index (κ1) is 3.92.